The first-order valence-corrected chi connectivity index (χ1v) is 8.82. The van der Waals surface area contributed by atoms with Crippen LogP contribution >= 0.6 is 15.9 Å². The van der Waals surface area contributed by atoms with Crippen molar-refractivity contribution in [2.75, 3.05) is 13.7 Å². The highest BCUT2D eigenvalue weighted by Crippen LogP contribution is 2.37. The molecule has 0 bridgehead atoms. The molecule has 0 N–H and O–H groups in total. The molecular formula is C19H19BrO6. The van der Waals surface area contributed by atoms with Crippen molar-refractivity contribution in [3.8, 4) is 11.5 Å². The molecule has 1 aromatic carbocycles. The number of rotatable bonds is 7. The molecule has 6 nitrogen and oxygen atoms in total. The van der Waals surface area contributed by atoms with Crippen LogP contribution in [0.1, 0.15) is 25.8 Å². The van der Waals surface area contributed by atoms with Crippen LogP contribution in [0.3, 0.4) is 0 Å². The average Bonchev–Trinajstić information content (AvgIpc) is 2.57. The van der Waals surface area contributed by atoms with Crippen LogP contribution in [-0.4, -0.2) is 31.3 Å². The summed E-state index contributed by atoms with van der Waals surface area (Å²) >= 11 is 3.42. The number of ether oxygens (including phenoxy) is 3. The van der Waals surface area contributed by atoms with Gasteiger partial charge in [-0.15, -0.1) is 0 Å². The summed E-state index contributed by atoms with van der Waals surface area (Å²) in [6.07, 6.45) is 4.69. The molecule has 7 heteroatoms. The van der Waals surface area contributed by atoms with Crippen LogP contribution in [0.15, 0.2) is 34.5 Å². The van der Waals surface area contributed by atoms with Crippen molar-refractivity contribution in [3.63, 3.8) is 0 Å². The minimum absolute atomic E-state index is 0.185. The highest BCUT2D eigenvalue weighted by atomic mass is 79.9. The van der Waals surface area contributed by atoms with E-state index in [2.05, 4.69) is 15.9 Å². The largest absolute Gasteiger partial charge is 0.493 e. The zero-order valence-electron chi connectivity index (χ0n) is 14.7. The summed E-state index contributed by atoms with van der Waals surface area (Å²) in [6.45, 7) is 4.02. The van der Waals surface area contributed by atoms with Crippen molar-refractivity contribution >= 4 is 39.5 Å². The maximum atomic E-state index is 12.2. The third-order valence-corrected chi connectivity index (χ3v) is 4.14. The number of ketones is 2. The van der Waals surface area contributed by atoms with Gasteiger partial charge in [0.25, 0.3) is 0 Å². The van der Waals surface area contributed by atoms with Crippen LogP contribution < -0.4 is 9.47 Å². The molecule has 0 spiro atoms. The van der Waals surface area contributed by atoms with Crippen molar-refractivity contribution in [1.29, 1.82) is 0 Å². The first kappa shape index (κ1) is 19.9. The summed E-state index contributed by atoms with van der Waals surface area (Å²) < 4.78 is 16.5. The number of allylic oxidation sites excluding steroid dienone is 3. The Hall–Kier alpha value is -2.41. The molecule has 0 radical (unpaired) electrons. The highest BCUT2D eigenvalue weighted by Gasteiger charge is 2.36. The molecule has 0 aromatic heterocycles. The number of hydrogen-bond acceptors (Lipinski definition) is 6. The van der Waals surface area contributed by atoms with Gasteiger partial charge in [0.15, 0.2) is 29.0 Å². The second-order valence-corrected chi connectivity index (χ2v) is 6.48. The lowest BCUT2D eigenvalue weighted by atomic mass is 9.96. The van der Waals surface area contributed by atoms with Crippen molar-refractivity contribution in [3.05, 3.63) is 40.1 Å². The molecular weight excluding hydrogens is 404 g/mol. The first-order chi connectivity index (χ1) is 12.4. The van der Waals surface area contributed by atoms with Crippen LogP contribution in [0.2, 0.25) is 0 Å². The van der Waals surface area contributed by atoms with Crippen molar-refractivity contribution < 1.29 is 28.6 Å². The summed E-state index contributed by atoms with van der Waals surface area (Å²) in [5.41, 5.74) is 0.647. The van der Waals surface area contributed by atoms with Crippen molar-refractivity contribution in [1.82, 2.24) is 0 Å². The van der Waals surface area contributed by atoms with E-state index in [9.17, 15) is 14.4 Å². The van der Waals surface area contributed by atoms with Gasteiger partial charge in [0.05, 0.1) is 18.2 Å². The van der Waals surface area contributed by atoms with Gasteiger partial charge in [0.2, 0.25) is 0 Å². The highest BCUT2D eigenvalue weighted by molar-refractivity contribution is 9.10. The predicted molar refractivity (Wildman–Crippen MR) is 98.9 cm³/mol. The lowest BCUT2D eigenvalue weighted by molar-refractivity contribution is -0.151. The van der Waals surface area contributed by atoms with E-state index in [0.717, 1.165) is 12.5 Å². The van der Waals surface area contributed by atoms with Gasteiger partial charge in [0.1, 0.15) is 5.76 Å². The number of methoxy groups -OCH3 is 1. The van der Waals surface area contributed by atoms with Gasteiger partial charge >= 0.3 is 5.97 Å². The number of hydrogen-bond donors (Lipinski definition) is 0. The van der Waals surface area contributed by atoms with E-state index in [-0.39, 0.29) is 5.76 Å². The van der Waals surface area contributed by atoms with E-state index < -0.39 is 23.5 Å². The van der Waals surface area contributed by atoms with E-state index in [1.807, 2.05) is 6.92 Å². The SMILES string of the molecule is CCCOc1c(Br)cc(C=CC(=O)C2C(=O)C=C(C)OC2=O)cc1OC. The number of halogens is 1. The normalized spacial score (nSPS) is 17.1. The van der Waals surface area contributed by atoms with Crippen LogP contribution in [-0.2, 0) is 19.1 Å². The maximum Gasteiger partial charge on any atom is 0.329 e. The van der Waals surface area contributed by atoms with Gasteiger partial charge in [-0.05, 0) is 53.0 Å². The summed E-state index contributed by atoms with van der Waals surface area (Å²) in [5.74, 6) is -2.25. The molecule has 2 rings (SSSR count). The monoisotopic (exact) mass is 422 g/mol. The molecule has 1 heterocycles. The number of benzene rings is 1. The van der Waals surface area contributed by atoms with Crippen molar-refractivity contribution in [2.45, 2.75) is 20.3 Å². The maximum absolute atomic E-state index is 12.2. The Balaban J connectivity index is 2.22. The van der Waals surface area contributed by atoms with E-state index in [4.69, 9.17) is 14.2 Å². The average molecular weight is 423 g/mol. The zero-order valence-corrected chi connectivity index (χ0v) is 16.3. The molecule has 1 aliphatic heterocycles. The number of carbonyl (C=O) groups is 3. The molecule has 0 saturated carbocycles. The Morgan fingerprint density at radius 1 is 1.35 bits per heavy atom. The van der Waals surface area contributed by atoms with E-state index in [0.29, 0.717) is 28.1 Å². The molecule has 0 fully saturated rings. The van der Waals surface area contributed by atoms with Gasteiger partial charge in [0, 0.05) is 6.08 Å². The molecule has 1 aliphatic rings. The number of carbonyl (C=O) groups excluding carboxylic acids is 3. The van der Waals surface area contributed by atoms with Crippen LogP contribution in [0.25, 0.3) is 6.08 Å². The Morgan fingerprint density at radius 2 is 2.08 bits per heavy atom. The standard InChI is InChI=1S/C19H19BrO6/c1-4-7-25-18-13(20)9-12(10-16(18)24-3)5-6-14(21)17-15(22)8-11(2)26-19(17)23/h5-6,8-10,17H,4,7H2,1-3H3. The summed E-state index contributed by atoms with van der Waals surface area (Å²) in [7, 11) is 1.52. The topological polar surface area (TPSA) is 78.9 Å². The van der Waals surface area contributed by atoms with E-state index >= 15 is 0 Å². The second-order valence-electron chi connectivity index (χ2n) is 5.63. The molecule has 1 aromatic rings. The predicted octanol–water partition coefficient (Wildman–Crippen LogP) is 3.47. The number of esters is 1. The van der Waals surface area contributed by atoms with Crippen LogP contribution in [0.4, 0.5) is 0 Å². The third kappa shape index (κ3) is 4.60. The molecule has 1 atom stereocenters. The molecule has 0 saturated heterocycles. The lowest BCUT2D eigenvalue weighted by Gasteiger charge is -2.16. The van der Waals surface area contributed by atoms with E-state index in [1.165, 1.54) is 26.2 Å². The van der Waals surface area contributed by atoms with Crippen molar-refractivity contribution in [2.24, 2.45) is 5.92 Å². The Labute approximate surface area is 159 Å². The Morgan fingerprint density at radius 3 is 2.69 bits per heavy atom. The third-order valence-electron chi connectivity index (χ3n) is 3.55. The zero-order chi connectivity index (χ0) is 19.3. The number of cyclic esters (lactones) is 1. The Kier molecular flexibility index (Phi) is 6.74. The second kappa shape index (κ2) is 8.80. The fourth-order valence-corrected chi connectivity index (χ4v) is 2.93. The van der Waals surface area contributed by atoms with Crippen LogP contribution in [0, 0.1) is 5.92 Å². The van der Waals surface area contributed by atoms with Gasteiger partial charge in [-0.2, -0.15) is 0 Å². The molecule has 26 heavy (non-hydrogen) atoms. The minimum atomic E-state index is -1.45. The molecule has 138 valence electrons. The Bertz CT molecular complexity index is 793. The van der Waals surface area contributed by atoms with Gasteiger partial charge < -0.3 is 14.2 Å². The molecule has 0 amide bonds. The van der Waals surface area contributed by atoms with Crippen LogP contribution in [0.5, 0.6) is 11.5 Å². The van der Waals surface area contributed by atoms with Gasteiger partial charge in [-0.3, -0.25) is 14.4 Å². The summed E-state index contributed by atoms with van der Waals surface area (Å²) in [5, 5.41) is 0. The van der Waals surface area contributed by atoms with E-state index in [1.54, 1.807) is 12.1 Å². The fourth-order valence-electron chi connectivity index (χ4n) is 2.36. The van der Waals surface area contributed by atoms with Gasteiger partial charge in [-0.25, -0.2) is 0 Å². The molecule has 1 unspecified atom stereocenters. The lowest BCUT2D eigenvalue weighted by Crippen LogP contribution is -2.34. The van der Waals surface area contributed by atoms with Gasteiger partial charge in [-0.1, -0.05) is 13.0 Å². The minimum Gasteiger partial charge on any atom is -0.493 e. The quantitative estimate of drug-likeness (QED) is 0.380. The summed E-state index contributed by atoms with van der Waals surface area (Å²) in [4.78, 5) is 35.9. The molecule has 0 aliphatic carbocycles. The summed E-state index contributed by atoms with van der Waals surface area (Å²) in [6, 6.07) is 3.45. The smallest absolute Gasteiger partial charge is 0.329 e. The fraction of sp³-hybridized carbons (Fsp3) is 0.316. The first-order valence-electron chi connectivity index (χ1n) is 8.03.